The van der Waals surface area contributed by atoms with Crippen LogP contribution in [0.5, 0.6) is 5.75 Å². The first-order valence-corrected chi connectivity index (χ1v) is 15.7. The van der Waals surface area contributed by atoms with Crippen LogP contribution in [-0.4, -0.2) is 50.9 Å². The molecular weight excluding hydrogens is 604 g/mol. The smallest absolute Gasteiger partial charge is 0.264 e. The number of halogens is 3. The topological polar surface area (TPSA) is 96.0 Å². The van der Waals surface area contributed by atoms with Gasteiger partial charge in [-0.25, -0.2) is 12.8 Å². The molecule has 3 aromatic rings. The second-order valence-electron chi connectivity index (χ2n) is 9.38. The maximum Gasteiger partial charge on any atom is 0.264 e. The average Bonchev–Trinajstić information content (AvgIpc) is 2.97. The van der Waals surface area contributed by atoms with Crippen LogP contribution in [0.2, 0.25) is 10.0 Å². The van der Waals surface area contributed by atoms with Crippen molar-refractivity contribution in [3.63, 3.8) is 0 Å². The van der Waals surface area contributed by atoms with Crippen molar-refractivity contribution in [1.29, 1.82) is 0 Å². The van der Waals surface area contributed by atoms with Crippen molar-refractivity contribution < 1.29 is 27.1 Å². The Hall–Kier alpha value is -3.34. The van der Waals surface area contributed by atoms with Crippen LogP contribution < -0.4 is 14.4 Å². The maximum absolute atomic E-state index is 14.1. The Morgan fingerprint density at radius 2 is 1.62 bits per heavy atom. The van der Waals surface area contributed by atoms with E-state index in [1.165, 1.54) is 17.0 Å². The molecule has 3 aromatic carbocycles. The molecule has 0 aromatic heterocycles. The van der Waals surface area contributed by atoms with Gasteiger partial charge in [-0.2, -0.15) is 0 Å². The lowest BCUT2D eigenvalue weighted by Crippen LogP contribution is -2.52. The first-order valence-electron chi connectivity index (χ1n) is 13.5. The molecule has 8 nitrogen and oxygen atoms in total. The summed E-state index contributed by atoms with van der Waals surface area (Å²) in [6, 6.07) is 14.6. The van der Waals surface area contributed by atoms with Crippen LogP contribution in [0, 0.1) is 5.82 Å². The zero-order valence-corrected chi connectivity index (χ0v) is 26.0. The summed E-state index contributed by atoms with van der Waals surface area (Å²) in [5.74, 6) is -1.07. The van der Waals surface area contributed by atoms with E-state index in [-0.39, 0.29) is 34.5 Å². The summed E-state index contributed by atoms with van der Waals surface area (Å²) in [5, 5.41) is 3.44. The minimum absolute atomic E-state index is 0.0263. The Morgan fingerprint density at radius 1 is 0.952 bits per heavy atom. The van der Waals surface area contributed by atoms with E-state index < -0.39 is 34.3 Å². The van der Waals surface area contributed by atoms with Crippen molar-refractivity contribution in [1.82, 2.24) is 10.2 Å². The number of rotatable bonds is 14. The van der Waals surface area contributed by atoms with Crippen molar-refractivity contribution in [2.24, 2.45) is 0 Å². The van der Waals surface area contributed by atoms with Gasteiger partial charge in [0, 0.05) is 13.1 Å². The number of hydrogen-bond acceptors (Lipinski definition) is 5. The molecule has 2 amide bonds. The summed E-state index contributed by atoms with van der Waals surface area (Å²) in [7, 11) is -4.34. The molecule has 0 aliphatic heterocycles. The molecule has 0 heterocycles. The molecule has 42 heavy (non-hydrogen) atoms. The van der Waals surface area contributed by atoms with Crippen LogP contribution in [0.3, 0.4) is 0 Å². The molecule has 0 aliphatic carbocycles. The van der Waals surface area contributed by atoms with Crippen molar-refractivity contribution in [2.75, 3.05) is 24.0 Å². The molecule has 1 atom stereocenters. The summed E-state index contributed by atoms with van der Waals surface area (Å²) in [5.41, 5.74) is 0.794. The number of benzene rings is 3. The van der Waals surface area contributed by atoms with Gasteiger partial charge in [0.1, 0.15) is 24.2 Å². The maximum atomic E-state index is 14.1. The van der Waals surface area contributed by atoms with Crippen molar-refractivity contribution in [3.05, 3.63) is 88.2 Å². The Labute approximate surface area is 256 Å². The van der Waals surface area contributed by atoms with Gasteiger partial charge in [0.05, 0.1) is 27.2 Å². The highest BCUT2D eigenvalue weighted by atomic mass is 35.5. The molecule has 0 saturated carbocycles. The van der Waals surface area contributed by atoms with Crippen LogP contribution in [0.15, 0.2) is 71.6 Å². The monoisotopic (exact) mass is 637 g/mol. The van der Waals surface area contributed by atoms with Gasteiger partial charge in [-0.3, -0.25) is 13.9 Å². The summed E-state index contributed by atoms with van der Waals surface area (Å²) in [6.45, 7) is 5.67. The Kier molecular flexibility index (Phi) is 12.0. The molecular formula is C30H34Cl2FN3O5S. The van der Waals surface area contributed by atoms with Gasteiger partial charge in [-0.15, -0.1) is 0 Å². The van der Waals surface area contributed by atoms with Crippen molar-refractivity contribution in [3.8, 4) is 5.75 Å². The quantitative estimate of drug-likeness (QED) is 0.232. The number of nitrogens with zero attached hydrogens (tertiary/aromatic N) is 2. The van der Waals surface area contributed by atoms with Crippen LogP contribution in [0.25, 0.3) is 0 Å². The lowest BCUT2D eigenvalue weighted by atomic mass is 10.1. The Bertz CT molecular complexity index is 1470. The minimum Gasteiger partial charge on any atom is -0.494 e. The molecule has 0 aliphatic rings. The van der Waals surface area contributed by atoms with E-state index in [9.17, 15) is 22.4 Å². The number of anilines is 1. The predicted molar refractivity (Wildman–Crippen MR) is 163 cm³/mol. The van der Waals surface area contributed by atoms with Gasteiger partial charge >= 0.3 is 0 Å². The summed E-state index contributed by atoms with van der Waals surface area (Å²) in [4.78, 5) is 28.4. The van der Waals surface area contributed by atoms with E-state index in [1.807, 2.05) is 13.8 Å². The molecule has 0 fully saturated rings. The number of hydrogen-bond donors (Lipinski definition) is 1. The third-order valence-electron chi connectivity index (χ3n) is 6.39. The number of ether oxygens (including phenoxy) is 1. The van der Waals surface area contributed by atoms with E-state index in [2.05, 4.69) is 5.32 Å². The fourth-order valence-electron chi connectivity index (χ4n) is 4.26. The second-order valence-corrected chi connectivity index (χ2v) is 12.1. The fourth-order valence-corrected chi connectivity index (χ4v) is 5.99. The molecule has 0 bridgehead atoms. The average molecular weight is 639 g/mol. The third kappa shape index (κ3) is 8.36. The van der Waals surface area contributed by atoms with Gasteiger partial charge in [0.25, 0.3) is 10.0 Å². The lowest BCUT2D eigenvalue weighted by molar-refractivity contribution is -0.140. The van der Waals surface area contributed by atoms with Gasteiger partial charge in [0.2, 0.25) is 11.8 Å². The molecule has 226 valence electrons. The van der Waals surface area contributed by atoms with Crippen molar-refractivity contribution in [2.45, 2.75) is 51.1 Å². The summed E-state index contributed by atoms with van der Waals surface area (Å²) in [6.07, 6.45) is 0.973. The Morgan fingerprint density at radius 3 is 2.19 bits per heavy atom. The lowest BCUT2D eigenvalue weighted by Gasteiger charge is -2.33. The van der Waals surface area contributed by atoms with Crippen molar-refractivity contribution >= 4 is 50.7 Å². The second kappa shape index (κ2) is 15.2. The van der Waals surface area contributed by atoms with Gasteiger partial charge in [-0.1, -0.05) is 43.1 Å². The van der Waals surface area contributed by atoms with Crippen LogP contribution in [-0.2, 0) is 26.2 Å². The minimum atomic E-state index is -4.34. The highest BCUT2D eigenvalue weighted by Crippen LogP contribution is 2.28. The number of nitrogens with one attached hydrogen (secondary N) is 1. The van der Waals surface area contributed by atoms with E-state index in [4.69, 9.17) is 27.9 Å². The molecule has 0 radical (unpaired) electrons. The zero-order chi connectivity index (χ0) is 30.9. The number of sulfonamides is 1. The van der Waals surface area contributed by atoms with Gasteiger partial charge < -0.3 is 15.0 Å². The van der Waals surface area contributed by atoms with E-state index in [0.29, 0.717) is 35.9 Å². The van der Waals surface area contributed by atoms with E-state index in [1.54, 1.807) is 37.3 Å². The summed E-state index contributed by atoms with van der Waals surface area (Å²) >= 11 is 12.3. The predicted octanol–water partition coefficient (Wildman–Crippen LogP) is 6.06. The SMILES string of the molecule is CCCNC(=O)[C@H](CC)N(Cc1ccc(Cl)c(Cl)c1)C(=O)CN(c1ccc(OCC)cc1)S(=O)(=O)c1ccc(F)cc1. The number of carbonyl (C=O) groups is 2. The Balaban J connectivity index is 2.06. The number of carbonyl (C=O) groups excluding carboxylic acids is 2. The molecule has 0 saturated heterocycles. The third-order valence-corrected chi connectivity index (χ3v) is 8.92. The van der Waals surface area contributed by atoms with Crippen LogP contribution in [0.1, 0.15) is 39.2 Å². The highest BCUT2D eigenvalue weighted by Gasteiger charge is 2.33. The highest BCUT2D eigenvalue weighted by molar-refractivity contribution is 7.92. The van der Waals surface area contributed by atoms with E-state index >= 15 is 0 Å². The molecule has 3 rings (SSSR count). The normalized spacial score (nSPS) is 12.0. The first kappa shape index (κ1) is 33.2. The first-order chi connectivity index (χ1) is 20.0. The standard InChI is InChI=1S/C30H34Cl2FN3O5S/c1-4-17-34-30(38)28(5-2)35(19-21-7-16-26(31)27(32)18-21)29(37)20-36(23-10-12-24(13-11-23)41-6-3)42(39,40)25-14-8-22(33)9-15-25/h7-16,18,28H,4-6,17,19-20H2,1-3H3,(H,34,38)/t28-/m0/s1. The zero-order valence-electron chi connectivity index (χ0n) is 23.6. The van der Waals surface area contributed by atoms with Crippen LogP contribution in [0.4, 0.5) is 10.1 Å². The summed E-state index contributed by atoms with van der Waals surface area (Å²) < 4.78 is 47.8. The molecule has 0 spiro atoms. The van der Waals surface area contributed by atoms with Gasteiger partial charge in [0.15, 0.2) is 0 Å². The molecule has 0 unspecified atom stereocenters. The number of amides is 2. The largest absolute Gasteiger partial charge is 0.494 e. The van der Waals surface area contributed by atoms with Gasteiger partial charge in [-0.05, 0) is 86.0 Å². The van der Waals surface area contributed by atoms with E-state index in [0.717, 1.165) is 28.6 Å². The molecule has 12 heteroatoms. The fraction of sp³-hybridized carbons (Fsp3) is 0.333. The molecule has 1 N–H and O–H groups in total. The van der Waals surface area contributed by atoms with Crippen LogP contribution >= 0.6 is 23.2 Å².